The molecule has 0 saturated carbocycles. The van der Waals surface area contributed by atoms with Gasteiger partial charge in [-0.25, -0.2) is 4.98 Å². The molecular formula is C14H22N2O3. The predicted molar refractivity (Wildman–Crippen MR) is 70.9 cm³/mol. The van der Waals surface area contributed by atoms with Crippen LogP contribution in [-0.4, -0.2) is 42.6 Å². The van der Waals surface area contributed by atoms with Crippen molar-refractivity contribution in [3.63, 3.8) is 0 Å². The molecule has 0 aromatic carbocycles. The van der Waals surface area contributed by atoms with Crippen molar-refractivity contribution in [1.29, 1.82) is 0 Å². The Morgan fingerprint density at radius 2 is 2.26 bits per heavy atom. The Bertz CT molecular complexity index is 422. The number of carbonyl (C=O) groups is 1. The predicted octanol–water partition coefficient (Wildman–Crippen LogP) is 2.12. The topological polar surface area (TPSA) is 55.6 Å². The Labute approximate surface area is 113 Å². The molecule has 2 heterocycles. The number of oxazole rings is 1. The van der Waals surface area contributed by atoms with Gasteiger partial charge in [0.15, 0.2) is 12.1 Å². The average Bonchev–Trinajstić information content (AvgIpc) is 2.84. The van der Waals surface area contributed by atoms with E-state index < -0.39 is 0 Å². The second-order valence-corrected chi connectivity index (χ2v) is 5.32. The largest absolute Gasteiger partial charge is 0.448 e. The van der Waals surface area contributed by atoms with Gasteiger partial charge in [-0.05, 0) is 31.6 Å². The van der Waals surface area contributed by atoms with Crippen LogP contribution in [0.25, 0.3) is 0 Å². The summed E-state index contributed by atoms with van der Waals surface area (Å²) in [4.78, 5) is 18.1. The highest BCUT2D eigenvalue weighted by Crippen LogP contribution is 2.26. The number of piperidine rings is 1. The van der Waals surface area contributed by atoms with Gasteiger partial charge in [0.2, 0.25) is 0 Å². The maximum Gasteiger partial charge on any atom is 0.276 e. The Kier molecular flexibility index (Phi) is 4.58. The monoisotopic (exact) mass is 266 g/mol. The summed E-state index contributed by atoms with van der Waals surface area (Å²) in [6.07, 6.45) is 3.40. The van der Waals surface area contributed by atoms with Crippen LogP contribution in [0.2, 0.25) is 0 Å². The van der Waals surface area contributed by atoms with Crippen LogP contribution in [0.15, 0.2) is 10.8 Å². The Balaban J connectivity index is 1.90. The molecule has 0 N–H and O–H groups in total. The molecule has 0 unspecified atom stereocenters. The lowest BCUT2D eigenvalue weighted by Crippen LogP contribution is -2.40. The zero-order valence-electron chi connectivity index (χ0n) is 11.9. The van der Waals surface area contributed by atoms with Gasteiger partial charge >= 0.3 is 0 Å². The molecule has 0 spiro atoms. The van der Waals surface area contributed by atoms with Gasteiger partial charge in [0.05, 0.1) is 0 Å². The van der Waals surface area contributed by atoms with Crippen molar-refractivity contribution in [2.24, 2.45) is 11.8 Å². The summed E-state index contributed by atoms with van der Waals surface area (Å²) in [5.74, 6) is 1.78. The second kappa shape index (κ2) is 6.19. The van der Waals surface area contributed by atoms with Crippen molar-refractivity contribution in [2.45, 2.75) is 26.7 Å². The molecule has 1 aliphatic heterocycles. The third-order valence-electron chi connectivity index (χ3n) is 4.01. The van der Waals surface area contributed by atoms with Gasteiger partial charge in [-0.15, -0.1) is 0 Å². The molecule has 1 aromatic rings. The third kappa shape index (κ3) is 3.15. The number of nitrogens with zero attached hydrogens (tertiary/aromatic N) is 2. The highest BCUT2D eigenvalue weighted by molar-refractivity contribution is 5.93. The van der Waals surface area contributed by atoms with Crippen molar-refractivity contribution < 1.29 is 13.9 Å². The summed E-state index contributed by atoms with van der Waals surface area (Å²) in [6, 6.07) is 0. The maximum absolute atomic E-state index is 12.3. The molecule has 1 amide bonds. The van der Waals surface area contributed by atoms with Crippen LogP contribution in [0.4, 0.5) is 0 Å². The molecule has 5 nitrogen and oxygen atoms in total. The van der Waals surface area contributed by atoms with Crippen LogP contribution in [0.1, 0.15) is 36.0 Å². The normalized spacial score (nSPS) is 18.6. The van der Waals surface area contributed by atoms with E-state index in [0.717, 1.165) is 32.5 Å². The fourth-order valence-corrected chi connectivity index (χ4v) is 2.73. The Morgan fingerprint density at radius 1 is 1.58 bits per heavy atom. The molecule has 0 bridgehead atoms. The summed E-state index contributed by atoms with van der Waals surface area (Å²) in [5, 5.41) is 0. The zero-order chi connectivity index (χ0) is 13.8. The van der Waals surface area contributed by atoms with Crippen molar-refractivity contribution in [3.8, 4) is 0 Å². The van der Waals surface area contributed by atoms with Crippen LogP contribution in [-0.2, 0) is 4.74 Å². The highest BCUT2D eigenvalue weighted by atomic mass is 16.5. The summed E-state index contributed by atoms with van der Waals surface area (Å²) in [7, 11) is 1.74. The Hall–Kier alpha value is -1.36. The molecule has 1 atom stereocenters. The first-order valence-electron chi connectivity index (χ1n) is 6.81. The van der Waals surface area contributed by atoms with E-state index in [-0.39, 0.29) is 5.91 Å². The van der Waals surface area contributed by atoms with Gasteiger partial charge in [0, 0.05) is 26.8 Å². The van der Waals surface area contributed by atoms with Crippen LogP contribution in [0.3, 0.4) is 0 Å². The molecule has 2 rings (SSSR count). The van der Waals surface area contributed by atoms with Crippen LogP contribution in [0, 0.1) is 18.8 Å². The number of aryl methyl sites for hydroxylation is 1. The minimum atomic E-state index is -0.0101. The molecule has 1 aromatic heterocycles. The van der Waals surface area contributed by atoms with Gasteiger partial charge in [0.25, 0.3) is 5.91 Å². The lowest BCUT2D eigenvalue weighted by Gasteiger charge is -2.34. The van der Waals surface area contributed by atoms with E-state index in [4.69, 9.17) is 9.15 Å². The molecule has 5 heteroatoms. The van der Waals surface area contributed by atoms with E-state index in [1.807, 2.05) is 4.90 Å². The number of carbonyl (C=O) groups excluding carboxylic acids is 1. The smallest absolute Gasteiger partial charge is 0.276 e. The van der Waals surface area contributed by atoms with E-state index in [2.05, 4.69) is 11.9 Å². The summed E-state index contributed by atoms with van der Waals surface area (Å²) < 4.78 is 10.3. The van der Waals surface area contributed by atoms with Crippen molar-refractivity contribution in [3.05, 3.63) is 17.8 Å². The number of aromatic nitrogens is 1. The quantitative estimate of drug-likeness (QED) is 0.837. The van der Waals surface area contributed by atoms with Crippen LogP contribution >= 0.6 is 0 Å². The molecule has 106 valence electrons. The number of hydrogen-bond acceptors (Lipinski definition) is 4. The van der Waals surface area contributed by atoms with Crippen molar-refractivity contribution in [1.82, 2.24) is 9.88 Å². The van der Waals surface area contributed by atoms with E-state index in [1.54, 1.807) is 14.0 Å². The van der Waals surface area contributed by atoms with E-state index >= 15 is 0 Å². The first-order chi connectivity index (χ1) is 9.13. The fourth-order valence-electron chi connectivity index (χ4n) is 2.73. The van der Waals surface area contributed by atoms with Gasteiger partial charge < -0.3 is 14.1 Å². The van der Waals surface area contributed by atoms with Gasteiger partial charge in [-0.3, -0.25) is 4.79 Å². The number of amides is 1. The maximum atomic E-state index is 12.3. The minimum Gasteiger partial charge on any atom is -0.448 e. The second-order valence-electron chi connectivity index (χ2n) is 5.32. The van der Waals surface area contributed by atoms with Crippen molar-refractivity contribution in [2.75, 3.05) is 26.8 Å². The Morgan fingerprint density at radius 3 is 2.79 bits per heavy atom. The SMILES string of the molecule is COC[C@H](C)C1CCN(C(=O)c2ncoc2C)CC1. The van der Waals surface area contributed by atoms with Gasteiger partial charge in [0.1, 0.15) is 5.76 Å². The summed E-state index contributed by atoms with van der Waals surface area (Å²) in [5.41, 5.74) is 0.448. The van der Waals surface area contributed by atoms with Crippen LogP contribution < -0.4 is 0 Å². The molecule has 1 saturated heterocycles. The third-order valence-corrected chi connectivity index (χ3v) is 4.01. The molecule has 1 fully saturated rings. The van der Waals surface area contributed by atoms with Gasteiger partial charge in [-0.1, -0.05) is 6.92 Å². The number of methoxy groups -OCH3 is 1. The van der Waals surface area contributed by atoms with E-state index in [1.165, 1.54) is 6.39 Å². The lowest BCUT2D eigenvalue weighted by atomic mass is 9.86. The van der Waals surface area contributed by atoms with E-state index in [0.29, 0.717) is 23.3 Å². The molecule has 1 aliphatic rings. The number of likely N-dealkylation sites (tertiary alicyclic amines) is 1. The molecule has 0 radical (unpaired) electrons. The first-order valence-corrected chi connectivity index (χ1v) is 6.81. The summed E-state index contributed by atoms with van der Waals surface area (Å²) >= 11 is 0. The zero-order valence-corrected chi connectivity index (χ0v) is 11.9. The average molecular weight is 266 g/mol. The standard InChI is InChI=1S/C14H22N2O3/c1-10(8-18-3)12-4-6-16(7-5-12)14(17)13-11(2)19-9-15-13/h9-10,12H,4-8H2,1-3H3/t10-/m0/s1. The van der Waals surface area contributed by atoms with Gasteiger partial charge in [-0.2, -0.15) is 0 Å². The fraction of sp³-hybridized carbons (Fsp3) is 0.714. The first kappa shape index (κ1) is 14.1. The highest BCUT2D eigenvalue weighted by Gasteiger charge is 2.28. The minimum absolute atomic E-state index is 0.0101. The number of rotatable bonds is 4. The number of ether oxygens (including phenoxy) is 1. The number of hydrogen-bond donors (Lipinski definition) is 0. The summed E-state index contributed by atoms with van der Waals surface area (Å²) in [6.45, 7) is 6.37. The lowest BCUT2D eigenvalue weighted by molar-refractivity contribution is 0.0592. The molecular weight excluding hydrogens is 244 g/mol. The van der Waals surface area contributed by atoms with E-state index in [9.17, 15) is 4.79 Å². The van der Waals surface area contributed by atoms with Crippen LogP contribution in [0.5, 0.6) is 0 Å². The van der Waals surface area contributed by atoms with Crippen molar-refractivity contribution >= 4 is 5.91 Å². The molecule has 0 aliphatic carbocycles. The molecule has 19 heavy (non-hydrogen) atoms.